The van der Waals surface area contributed by atoms with E-state index < -0.39 is 0 Å². The van der Waals surface area contributed by atoms with Crippen LogP contribution in [0.15, 0.2) is 48.8 Å². The molecule has 6 heteroatoms. The summed E-state index contributed by atoms with van der Waals surface area (Å²) in [6.07, 6.45) is 3.62. The molecule has 0 radical (unpaired) electrons. The molecule has 0 saturated heterocycles. The van der Waals surface area contributed by atoms with Crippen molar-refractivity contribution in [3.8, 4) is 0 Å². The Morgan fingerprint density at radius 2 is 2.04 bits per heavy atom. The van der Waals surface area contributed by atoms with Crippen LogP contribution in [0.25, 0.3) is 0 Å². The highest BCUT2D eigenvalue weighted by molar-refractivity contribution is 6.03. The molecule has 1 amide bonds. The fourth-order valence-corrected chi connectivity index (χ4v) is 2.36. The third kappa shape index (κ3) is 3.79. The van der Waals surface area contributed by atoms with Crippen LogP contribution in [0, 0.1) is 13.8 Å². The van der Waals surface area contributed by atoms with Gasteiger partial charge >= 0.3 is 0 Å². The number of aromatic nitrogens is 4. The van der Waals surface area contributed by atoms with Gasteiger partial charge in [-0.25, -0.2) is 9.97 Å². The van der Waals surface area contributed by atoms with Gasteiger partial charge in [-0.05, 0) is 37.6 Å². The first-order chi connectivity index (χ1) is 11.1. The number of benzene rings is 1. The maximum absolute atomic E-state index is 12.4. The van der Waals surface area contributed by atoms with E-state index in [4.69, 9.17) is 0 Å². The third-order valence-corrected chi connectivity index (χ3v) is 3.30. The van der Waals surface area contributed by atoms with E-state index >= 15 is 0 Å². The van der Waals surface area contributed by atoms with Crippen molar-refractivity contribution in [1.29, 1.82) is 0 Å². The Labute approximate surface area is 134 Å². The Balaban J connectivity index is 1.76. The SMILES string of the molecule is Cc1cc(NC(=O)c2cccc(Cn3cccn3)c2)nc(C)n1. The summed E-state index contributed by atoms with van der Waals surface area (Å²) in [4.78, 5) is 20.8. The van der Waals surface area contributed by atoms with Gasteiger partial charge in [0.2, 0.25) is 0 Å². The van der Waals surface area contributed by atoms with Crippen LogP contribution >= 0.6 is 0 Å². The molecule has 2 heterocycles. The highest BCUT2D eigenvalue weighted by Gasteiger charge is 2.09. The van der Waals surface area contributed by atoms with Crippen molar-refractivity contribution in [1.82, 2.24) is 19.7 Å². The second kappa shape index (κ2) is 6.39. The Morgan fingerprint density at radius 3 is 2.78 bits per heavy atom. The Kier molecular flexibility index (Phi) is 4.14. The van der Waals surface area contributed by atoms with Gasteiger partial charge in [-0.1, -0.05) is 12.1 Å². The number of nitrogens with zero attached hydrogens (tertiary/aromatic N) is 4. The van der Waals surface area contributed by atoms with Gasteiger partial charge in [0, 0.05) is 29.7 Å². The summed E-state index contributed by atoms with van der Waals surface area (Å²) in [6, 6.07) is 11.1. The summed E-state index contributed by atoms with van der Waals surface area (Å²) in [5, 5.41) is 6.99. The van der Waals surface area contributed by atoms with E-state index in [0.29, 0.717) is 23.8 Å². The summed E-state index contributed by atoms with van der Waals surface area (Å²) in [5.41, 5.74) is 2.42. The second-order valence-electron chi connectivity index (χ2n) is 5.30. The summed E-state index contributed by atoms with van der Waals surface area (Å²) >= 11 is 0. The smallest absolute Gasteiger partial charge is 0.256 e. The zero-order valence-corrected chi connectivity index (χ0v) is 13.0. The molecular weight excluding hydrogens is 290 g/mol. The van der Waals surface area contributed by atoms with Crippen LogP contribution in [0.3, 0.4) is 0 Å². The zero-order chi connectivity index (χ0) is 16.2. The van der Waals surface area contributed by atoms with Crippen LogP contribution < -0.4 is 5.32 Å². The van der Waals surface area contributed by atoms with Crippen molar-refractivity contribution in [3.05, 3.63) is 71.4 Å². The van der Waals surface area contributed by atoms with Gasteiger partial charge in [0.25, 0.3) is 5.91 Å². The normalized spacial score (nSPS) is 10.5. The molecule has 116 valence electrons. The van der Waals surface area contributed by atoms with Crippen molar-refractivity contribution in [3.63, 3.8) is 0 Å². The van der Waals surface area contributed by atoms with E-state index in [1.54, 1.807) is 25.3 Å². The molecule has 0 aliphatic rings. The lowest BCUT2D eigenvalue weighted by Crippen LogP contribution is -2.14. The molecule has 2 aromatic heterocycles. The van der Waals surface area contributed by atoms with E-state index in [9.17, 15) is 4.79 Å². The molecule has 0 atom stereocenters. The first kappa shape index (κ1) is 14.9. The maximum Gasteiger partial charge on any atom is 0.256 e. The van der Waals surface area contributed by atoms with Crippen molar-refractivity contribution in [2.75, 3.05) is 5.32 Å². The van der Waals surface area contributed by atoms with Gasteiger partial charge < -0.3 is 5.32 Å². The Bertz CT molecular complexity index is 807. The average molecular weight is 307 g/mol. The molecule has 0 bridgehead atoms. The maximum atomic E-state index is 12.4. The number of hydrogen-bond donors (Lipinski definition) is 1. The van der Waals surface area contributed by atoms with E-state index in [1.807, 2.05) is 42.1 Å². The number of aryl methyl sites for hydroxylation is 2. The monoisotopic (exact) mass is 307 g/mol. The zero-order valence-electron chi connectivity index (χ0n) is 13.0. The molecule has 0 saturated carbocycles. The Hall–Kier alpha value is -3.02. The summed E-state index contributed by atoms with van der Waals surface area (Å²) in [6.45, 7) is 4.29. The molecule has 0 fully saturated rings. The minimum Gasteiger partial charge on any atom is -0.306 e. The molecule has 23 heavy (non-hydrogen) atoms. The molecule has 1 aromatic carbocycles. The van der Waals surface area contributed by atoms with Gasteiger partial charge in [0.15, 0.2) is 0 Å². The molecule has 0 spiro atoms. The summed E-state index contributed by atoms with van der Waals surface area (Å²) in [7, 11) is 0. The minimum atomic E-state index is -0.190. The predicted octanol–water partition coefficient (Wildman–Crippen LogP) is 2.59. The first-order valence-electron chi connectivity index (χ1n) is 7.30. The van der Waals surface area contributed by atoms with Crippen molar-refractivity contribution < 1.29 is 4.79 Å². The van der Waals surface area contributed by atoms with E-state index in [1.165, 1.54) is 0 Å². The number of carbonyl (C=O) groups excluding carboxylic acids is 1. The number of anilines is 1. The Morgan fingerprint density at radius 1 is 1.17 bits per heavy atom. The topological polar surface area (TPSA) is 72.7 Å². The van der Waals surface area contributed by atoms with Crippen LogP contribution in [0.2, 0.25) is 0 Å². The van der Waals surface area contributed by atoms with Gasteiger partial charge in [-0.2, -0.15) is 5.10 Å². The number of amides is 1. The van der Waals surface area contributed by atoms with Crippen LogP contribution in [0.1, 0.15) is 27.4 Å². The van der Waals surface area contributed by atoms with E-state index in [-0.39, 0.29) is 5.91 Å². The largest absolute Gasteiger partial charge is 0.306 e. The highest BCUT2D eigenvalue weighted by Crippen LogP contribution is 2.11. The number of rotatable bonds is 4. The minimum absolute atomic E-state index is 0.190. The molecule has 0 aliphatic carbocycles. The van der Waals surface area contributed by atoms with Crippen molar-refractivity contribution in [2.24, 2.45) is 0 Å². The molecule has 3 aromatic rings. The lowest BCUT2D eigenvalue weighted by molar-refractivity contribution is 0.102. The van der Waals surface area contributed by atoms with Crippen molar-refractivity contribution in [2.45, 2.75) is 20.4 Å². The highest BCUT2D eigenvalue weighted by atomic mass is 16.1. The fraction of sp³-hybridized carbons (Fsp3) is 0.176. The quantitative estimate of drug-likeness (QED) is 0.804. The summed E-state index contributed by atoms with van der Waals surface area (Å²) < 4.78 is 1.81. The summed E-state index contributed by atoms with van der Waals surface area (Å²) in [5.74, 6) is 0.954. The average Bonchev–Trinajstić information content (AvgIpc) is 2.99. The van der Waals surface area contributed by atoms with Crippen molar-refractivity contribution >= 4 is 11.7 Å². The van der Waals surface area contributed by atoms with Crippen LogP contribution in [-0.4, -0.2) is 25.7 Å². The van der Waals surface area contributed by atoms with E-state index in [0.717, 1.165) is 11.3 Å². The lowest BCUT2D eigenvalue weighted by Gasteiger charge is -2.08. The number of hydrogen-bond acceptors (Lipinski definition) is 4. The van der Waals surface area contributed by atoms with Crippen LogP contribution in [0.4, 0.5) is 5.82 Å². The van der Waals surface area contributed by atoms with Gasteiger partial charge in [-0.3, -0.25) is 9.48 Å². The lowest BCUT2D eigenvalue weighted by atomic mass is 10.1. The number of carbonyl (C=O) groups is 1. The molecule has 6 nitrogen and oxygen atoms in total. The van der Waals surface area contributed by atoms with Gasteiger partial charge in [0.05, 0.1) is 6.54 Å². The standard InChI is InChI=1S/C17H17N5O/c1-12-9-16(20-13(2)19-12)21-17(23)15-6-3-5-14(10-15)11-22-8-4-7-18-22/h3-10H,11H2,1-2H3,(H,19,20,21,23). The van der Waals surface area contributed by atoms with Gasteiger partial charge in [0.1, 0.15) is 11.6 Å². The molecule has 0 aliphatic heterocycles. The predicted molar refractivity (Wildman–Crippen MR) is 87.2 cm³/mol. The molecule has 1 N–H and O–H groups in total. The molecule has 3 rings (SSSR count). The van der Waals surface area contributed by atoms with Crippen LogP contribution in [-0.2, 0) is 6.54 Å². The third-order valence-electron chi connectivity index (χ3n) is 3.30. The number of nitrogens with one attached hydrogen (secondary N) is 1. The van der Waals surface area contributed by atoms with E-state index in [2.05, 4.69) is 20.4 Å². The first-order valence-corrected chi connectivity index (χ1v) is 7.30. The molecule has 0 unspecified atom stereocenters. The molecular formula is C17H17N5O. The fourth-order valence-electron chi connectivity index (χ4n) is 2.36. The van der Waals surface area contributed by atoms with Crippen LogP contribution in [0.5, 0.6) is 0 Å². The van der Waals surface area contributed by atoms with Gasteiger partial charge in [-0.15, -0.1) is 0 Å². The second-order valence-corrected chi connectivity index (χ2v) is 5.30.